The highest BCUT2D eigenvalue weighted by Crippen LogP contribution is 2.22. The summed E-state index contributed by atoms with van der Waals surface area (Å²) in [7, 11) is 0. The van der Waals surface area contributed by atoms with Crippen LogP contribution in [-0.2, 0) is 5.41 Å². The lowest BCUT2D eigenvalue weighted by molar-refractivity contribution is 0.0927. The van der Waals surface area contributed by atoms with Gasteiger partial charge in [-0.3, -0.25) is 30.6 Å². The van der Waals surface area contributed by atoms with Crippen LogP contribution in [0.3, 0.4) is 0 Å². The number of rotatable bonds is 4. The molecule has 0 radical (unpaired) electrons. The van der Waals surface area contributed by atoms with Crippen LogP contribution in [0.4, 0.5) is 5.69 Å². The molecule has 0 atom stereocenters. The number of hydrogen-bond acceptors (Lipinski definition) is 5. The van der Waals surface area contributed by atoms with Gasteiger partial charge in [-0.05, 0) is 71.7 Å². The molecule has 170 valence electrons. The number of hydrogen-bond donors (Lipinski definition) is 4. The Bertz CT molecular complexity index is 1150. The quantitative estimate of drug-likeness (QED) is 0.345. The number of hydrazine groups is 1. The predicted octanol–water partition coefficient (Wildman–Crippen LogP) is 3.78. The zero-order chi connectivity index (χ0) is 24.0. The first-order valence-corrected chi connectivity index (χ1v) is 10.5. The summed E-state index contributed by atoms with van der Waals surface area (Å²) >= 11 is 4.97. The predicted molar refractivity (Wildman–Crippen MR) is 129 cm³/mol. The van der Waals surface area contributed by atoms with Gasteiger partial charge in [0.25, 0.3) is 17.7 Å². The SMILES string of the molecule is CC(C)(C)c1ccc(C(=O)Nc2ccc(C(=O)NNC(=S)NC(=O)c3ccco3)cc2)cc1. The molecule has 2 aromatic carbocycles. The van der Waals surface area contributed by atoms with Gasteiger partial charge in [0.1, 0.15) is 0 Å². The van der Waals surface area contributed by atoms with Crippen molar-refractivity contribution in [2.75, 3.05) is 5.32 Å². The molecule has 1 aromatic heterocycles. The van der Waals surface area contributed by atoms with Gasteiger partial charge < -0.3 is 9.73 Å². The maximum atomic E-state index is 12.5. The normalized spacial score (nSPS) is 10.8. The summed E-state index contributed by atoms with van der Waals surface area (Å²) in [6.07, 6.45) is 1.36. The van der Waals surface area contributed by atoms with Crippen LogP contribution in [0.2, 0.25) is 0 Å². The van der Waals surface area contributed by atoms with Crippen LogP contribution >= 0.6 is 12.2 Å². The lowest BCUT2D eigenvalue weighted by Crippen LogP contribution is -2.48. The molecule has 3 amide bonds. The first kappa shape index (κ1) is 23.7. The minimum absolute atomic E-state index is 0.00895. The molecule has 0 bridgehead atoms. The van der Waals surface area contributed by atoms with Gasteiger partial charge in [-0.15, -0.1) is 0 Å². The topological polar surface area (TPSA) is 112 Å². The van der Waals surface area contributed by atoms with Gasteiger partial charge in [-0.1, -0.05) is 32.9 Å². The number of nitrogens with one attached hydrogen (secondary N) is 4. The van der Waals surface area contributed by atoms with E-state index in [1.54, 1.807) is 42.5 Å². The van der Waals surface area contributed by atoms with Gasteiger partial charge in [0.05, 0.1) is 6.26 Å². The van der Waals surface area contributed by atoms with Crippen molar-refractivity contribution in [2.45, 2.75) is 26.2 Å². The molecule has 0 aliphatic rings. The molecule has 3 rings (SSSR count). The molecule has 3 aromatic rings. The molecule has 0 saturated carbocycles. The van der Waals surface area contributed by atoms with E-state index in [9.17, 15) is 14.4 Å². The van der Waals surface area contributed by atoms with Gasteiger partial charge in [-0.2, -0.15) is 0 Å². The smallest absolute Gasteiger partial charge is 0.293 e. The van der Waals surface area contributed by atoms with E-state index < -0.39 is 11.8 Å². The van der Waals surface area contributed by atoms with Crippen molar-refractivity contribution in [3.8, 4) is 0 Å². The van der Waals surface area contributed by atoms with Gasteiger partial charge in [0, 0.05) is 16.8 Å². The number of amides is 3. The zero-order valence-corrected chi connectivity index (χ0v) is 19.2. The van der Waals surface area contributed by atoms with Crippen molar-refractivity contribution in [3.05, 3.63) is 89.4 Å². The van der Waals surface area contributed by atoms with Gasteiger partial charge in [0.15, 0.2) is 10.9 Å². The van der Waals surface area contributed by atoms with Crippen LogP contribution in [0.25, 0.3) is 0 Å². The third kappa shape index (κ3) is 6.50. The molecule has 0 fully saturated rings. The fraction of sp³-hybridized carbons (Fsp3) is 0.167. The van der Waals surface area contributed by atoms with E-state index in [1.165, 1.54) is 12.3 Å². The summed E-state index contributed by atoms with van der Waals surface area (Å²) in [5.74, 6) is -1.17. The molecule has 1 heterocycles. The van der Waals surface area contributed by atoms with Crippen LogP contribution in [0.1, 0.15) is 57.6 Å². The van der Waals surface area contributed by atoms with E-state index in [-0.39, 0.29) is 22.2 Å². The molecule has 0 spiro atoms. The molecule has 0 unspecified atom stereocenters. The van der Waals surface area contributed by atoms with Crippen LogP contribution in [-0.4, -0.2) is 22.8 Å². The Hall–Kier alpha value is -3.98. The van der Waals surface area contributed by atoms with Crippen molar-refractivity contribution in [1.29, 1.82) is 0 Å². The average molecular weight is 465 g/mol. The maximum absolute atomic E-state index is 12.5. The summed E-state index contributed by atoms with van der Waals surface area (Å²) in [5.41, 5.74) is 7.40. The number of thiocarbonyl (C=S) groups is 1. The molecular formula is C24H24N4O4S. The monoisotopic (exact) mass is 464 g/mol. The molecule has 9 heteroatoms. The van der Waals surface area contributed by atoms with E-state index in [0.717, 1.165) is 5.56 Å². The summed E-state index contributed by atoms with van der Waals surface area (Å²) < 4.78 is 4.96. The lowest BCUT2D eigenvalue weighted by Gasteiger charge is -2.19. The van der Waals surface area contributed by atoms with Crippen molar-refractivity contribution in [2.24, 2.45) is 0 Å². The Labute approximate surface area is 196 Å². The maximum Gasteiger partial charge on any atom is 0.293 e. The summed E-state index contributed by atoms with van der Waals surface area (Å²) in [4.78, 5) is 36.6. The fourth-order valence-electron chi connectivity index (χ4n) is 2.82. The van der Waals surface area contributed by atoms with E-state index in [1.807, 2.05) is 12.1 Å². The molecule has 4 N–H and O–H groups in total. The van der Waals surface area contributed by atoms with Crippen molar-refractivity contribution >= 4 is 40.7 Å². The first-order chi connectivity index (χ1) is 15.6. The molecular weight excluding hydrogens is 440 g/mol. The van der Waals surface area contributed by atoms with Crippen LogP contribution in [0.5, 0.6) is 0 Å². The molecule has 33 heavy (non-hydrogen) atoms. The Morgan fingerprint density at radius 3 is 1.97 bits per heavy atom. The first-order valence-electron chi connectivity index (χ1n) is 10.1. The van der Waals surface area contributed by atoms with Gasteiger partial charge in [0.2, 0.25) is 0 Å². The average Bonchev–Trinajstić information content (AvgIpc) is 3.33. The minimum atomic E-state index is -0.542. The number of anilines is 1. The third-order valence-electron chi connectivity index (χ3n) is 4.68. The second-order valence-electron chi connectivity index (χ2n) is 8.20. The lowest BCUT2D eigenvalue weighted by atomic mass is 9.87. The number of furan rings is 1. The number of carbonyl (C=O) groups excluding carboxylic acids is 3. The van der Waals surface area contributed by atoms with Crippen LogP contribution in [0, 0.1) is 0 Å². The second kappa shape index (κ2) is 10.1. The van der Waals surface area contributed by atoms with E-state index in [2.05, 4.69) is 42.3 Å². The second-order valence-corrected chi connectivity index (χ2v) is 8.61. The fourth-order valence-corrected chi connectivity index (χ4v) is 2.96. The van der Waals surface area contributed by atoms with Crippen LogP contribution < -0.4 is 21.5 Å². The summed E-state index contributed by atoms with van der Waals surface area (Å²) in [5, 5.41) is 5.09. The van der Waals surface area contributed by atoms with Crippen LogP contribution in [0.15, 0.2) is 71.3 Å². The highest BCUT2D eigenvalue weighted by atomic mass is 32.1. The Morgan fingerprint density at radius 1 is 0.788 bits per heavy atom. The molecule has 0 aliphatic heterocycles. The Morgan fingerprint density at radius 2 is 1.39 bits per heavy atom. The van der Waals surface area contributed by atoms with E-state index in [0.29, 0.717) is 16.8 Å². The van der Waals surface area contributed by atoms with Gasteiger partial charge >= 0.3 is 0 Å². The van der Waals surface area contributed by atoms with E-state index in [4.69, 9.17) is 16.6 Å². The van der Waals surface area contributed by atoms with E-state index >= 15 is 0 Å². The van der Waals surface area contributed by atoms with Crippen molar-refractivity contribution in [1.82, 2.24) is 16.2 Å². The Kier molecular flexibility index (Phi) is 7.24. The zero-order valence-electron chi connectivity index (χ0n) is 18.4. The molecule has 8 nitrogen and oxygen atoms in total. The van der Waals surface area contributed by atoms with Gasteiger partial charge in [-0.25, -0.2) is 0 Å². The summed E-state index contributed by atoms with van der Waals surface area (Å²) in [6, 6.07) is 16.9. The highest BCUT2D eigenvalue weighted by Gasteiger charge is 2.15. The number of benzene rings is 2. The van der Waals surface area contributed by atoms with Crippen molar-refractivity contribution < 1.29 is 18.8 Å². The third-order valence-corrected chi connectivity index (χ3v) is 4.88. The number of carbonyl (C=O) groups is 3. The minimum Gasteiger partial charge on any atom is -0.459 e. The largest absolute Gasteiger partial charge is 0.459 e. The Balaban J connectivity index is 1.50. The molecule has 0 aliphatic carbocycles. The highest BCUT2D eigenvalue weighted by molar-refractivity contribution is 7.80. The van der Waals surface area contributed by atoms with Crippen molar-refractivity contribution in [3.63, 3.8) is 0 Å². The molecule has 0 saturated heterocycles. The summed E-state index contributed by atoms with van der Waals surface area (Å²) in [6.45, 7) is 6.33. The standard InChI is InChI=1S/C24H24N4O4S/c1-24(2,3)17-10-6-15(7-11-17)20(29)25-18-12-8-16(9-13-18)21(30)27-28-23(33)26-22(31)19-5-4-14-32-19/h4-14H,1-3H3,(H,25,29)(H,27,30)(H2,26,28,31,33).